The van der Waals surface area contributed by atoms with Crippen LogP contribution in [0.15, 0.2) is 0 Å². The van der Waals surface area contributed by atoms with E-state index >= 15 is 0 Å². The number of hydrogen-bond donors (Lipinski definition) is 0. The van der Waals surface area contributed by atoms with Crippen LogP contribution in [0.3, 0.4) is 0 Å². The molecule has 0 atom stereocenters. The highest BCUT2D eigenvalue weighted by Gasteiger charge is 2.30. The Morgan fingerprint density at radius 3 is 1.93 bits per heavy atom. The van der Waals surface area contributed by atoms with Crippen molar-refractivity contribution in [2.24, 2.45) is 0 Å². The number of sulfonamides is 1. The summed E-state index contributed by atoms with van der Waals surface area (Å²) in [5.41, 5.74) is 0.0472. The van der Waals surface area contributed by atoms with Crippen LogP contribution in [0, 0.1) is 0 Å². The summed E-state index contributed by atoms with van der Waals surface area (Å²) in [7, 11) is -3.65. The molecule has 0 aliphatic carbocycles. The fraction of sp³-hybridized carbons (Fsp3) is 1.00. The molecule has 6 heteroatoms. The van der Waals surface area contributed by atoms with Gasteiger partial charge in [0, 0.05) is 31.7 Å². The van der Waals surface area contributed by atoms with Crippen molar-refractivity contribution in [3.63, 3.8) is 0 Å². The van der Waals surface area contributed by atoms with Gasteiger partial charge in [0.1, 0.15) is 0 Å². The molecule has 0 aromatic rings. The summed E-state index contributed by atoms with van der Waals surface area (Å²) in [6, 6.07) is -1.29. The lowest BCUT2D eigenvalue weighted by Gasteiger charge is -2.41. The average molecular weight is 238 g/mol. The number of rotatable bonds is 2. The molecule has 4 nitrogen and oxygen atoms in total. The molecule has 0 spiro atoms. The summed E-state index contributed by atoms with van der Waals surface area (Å²) < 4.78 is 36.0. The number of alkyl halides is 1. The summed E-state index contributed by atoms with van der Waals surface area (Å²) in [4.78, 5) is 2.21. The molecule has 0 unspecified atom stereocenters. The van der Waals surface area contributed by atoms with E-state index in [2.05, 4.69) is 25.7 Å². The van der Waals surface area contributed by atoms with Crippen LogP contribution < -0.4 is 0 Å². The zero-order valence-electron chi connectivity index (χ0n) is 9.53. The second-order valence-corrected chi connectivity index (χ2v) is 6.68. The van der Waals surface area contributed by atoms with E-state index in [1.165, 1.54) is 4.31 Å². The third-order valence-corrected chi connectivity index (χ3v) is 4.15. The van der Waals surface area contributed by atoms with Crippen LogP contribution in [0.4, 0.5) is 4.39 Å². The zero-order chi connectivity index (χ0) is 11.7. The molecule has 0 N–H and O–H groups in total. The minimum absolute atomic E-state index is 0.0472. The Morgan fingerprint density at radius 2 is 1.60 bits per heavy atom. The summed E-state index contributed by atoms with van der Waals surface area (Å²) in [6.07, 6.45) is 0. The van der Waals surface area contributed by atoms with Crippen molar-refractivity contribution in [3.8, 4) is 0 Å². The van der Waals surface area contributed by atoms with Gasteiger partial charge >= 0.3 is 0 Å². The molecule has 15 heavy (non-hydrogen) atoms. The molecule has 0 aromatic carbocycles. The fourth-order valence-electron chi connectivity index (χ4n) is 1.71. The third kappa shape index (κ3) is 3.12. The average Bonchev–Trinajstić information content (AvgIpc) is 2.17. The van der Waals surface area contributed by atoms with Gasteiger partial charge in [0.25, 0.3) is 0 Å². The van der Waals surface area contributed by atoms with E-state index in [0.29, 0.717) is 26.2 Å². The van der Waals surface area contributed by atoms with Crippen LogP contribution in [0.2, 0.25) is 0 Å². The summed E-state index contributed by atoms with van der Waals surface area (Å²) >= 11 is 0. The predicted octanol–water partition coefficient (Wildman–Crippen LogP) is 0.659. The van der Waals surface area contributed by atoms with E-state index in [9.17, 15) is 12.8 Å². The summed E-state index contributed by atoms with van der Waals surface area (Å²) in [5.74, 6) is 0. The van der Waals surface area contributed by atoms with Crippen LogP contribution in [0.25, 0.3) is 0 Å². The first kappa shape index (κ1) is 12.9. The van der Waals surface area contributed by atoms with E-state index in [1.807, 2.05) is 0 Å². The number of halogens is 1. The predicted molar refractivity (Wildman–Crippen MR) is 57.8 cm³/mol. The van der Waals surface area contributed by atoms with E-state index in [0.717, 1.165) is 0 Å². The van der Waals surface area contributed by atoms with E-state index < -0.39 is 16.0 Å². The van der Waals surface area contributed by atoms with Crippen LogP contribution in [-0.4, -0.2) is 55.3 Å². The lowest BCUT2D eigenvalue weighted by molar-refractivity contribution is 0.0918. The quantitative estimate of drug-likeness (QED) is 0.709. The molecule has 1 fully saturated rings. The smallest absolute Gasteiger partial charge is 0.243 e. The van der Waals surface area contributed by atoms with Gasteiger partial charge < -0.3 is 0 Å². The maximum Gasteiger partial charge on any atom is 0.243 e. The van der Waals surface area contributed by atoms with Gasteiger partial charge in [-0.3, -0.25) is 4.90 Å². The first-order valence-electron chi connectivity index (χ1n) is 5.06. The van der Waals surface area contributed by atoms with Crippen LogP contribution >= 0.6 is 0 Å². The van der Waals surface area contributed by atoms with Crippen molar-refractivity contribution < 1.29 is 12.8 Å². The second-order valence-electron chi connectivity index (χ2n) is 4.78. The van der Waals surface area contributed by atoms with Gasteiger partial charge in [0.2, 0.25) is 16.0 Å². The van der Waals surface area contributed by atoms with Crippen LogP contribution in [-0.2, 0) is 10.0 Å². The minimum atomic E-state index is -3.65. The first-order valence-corrected chi connectivity index (χ1v) is 6.67. The van der Waals surface area contributed by atoms with Crippen LogP contribution in [0.1, 0.15) is 20.8 Å². The SMILES string of the molecule is CC(C)(C)N1CCN(S(=O)(=O)CF)CC1. The van der Waals surface area contributed by atoms with Gasteiger partial charge in [-0.05, 0) is 20.8 Å². The molecule has 0 saturated carbocycles. The van der Waals surface area contributed by atoms with E-state index in [1.54, 1.807) is 0 Å². The van der Waals surface area contributed by atoms with Crippen molar-refractivity contribution in [2.75, 3.05) is 32.2 Å². The van der Waals surface area contributed by atoms with Gasteiger partial charge in [0.15, 0.2) is 0 Å². The maximum absolute atomic E-state index is 12.2. The Kier molecular flexibility index (Phi) is 3.73. The van der Waals surface area contributed by atoms with Crippen LogP contribution in [0.5, 0.6) is 0 Å². The zero-order valence-corrected chi connectivity index (χ0v) is 10.3. The number of piperazine rings is 1. The Balaban J connectivity index is 2.57. The molecular weight excluding hydrogens is 219 g/mol. The second kappa shape index (κ2) is 4.35. The molecule has 0 aromatic heterocycles. The van der Waals surface area contributed by atoms with Crippen molar-refractivity contribution in [1.82, 2.24) is 9.21 Å². The van der Waals surface area contributed by atoms with E-state index in [4.69, 9.17) is 0 Å². The monoisotopic (exact) mass is 238 g/mol. The van der Waals surface area contributed by atoms with Gasteiger partial charge in [-0.25, -0.2) is 12.8 Å². The van der Waals surface area contributed by atoms with Gasteiger partial charge in [-0.1, -0.05) is 0 Å². The van der Waals surface area contributed by atoms with Gasteiger partial charge in [-0.15, -0.1) is 0 Å². The Bertz CT molecular complexity index is 303. The Morgan fingerprint density at radius 1 is 1.13 bits per heavy atom. The van der Waals surface area contributed by atoms with Crippen molar-refractivity contribution in [1.29, 1.82) is 0 Å². The van der Waals surface area contributed by atoms with Gasteiger partial charge in [0.05, 0.1) is 0 Å². The highest BCUT2D eigenvalue weighted by atomic mass is 32.2. The molecule has 0 bridgehead atoms. The fourth-order valence-corrected chi connectivity index (χ4v) is 2.56. The van der Waals surface area contributed by atoms with E-state index in [-0.39, 0.29) is 5.54 Å². The highest BCUT2D eigenvalue weighted by molar-refractivity contribution is 7.88. The largest absolute Gasteiger partial charge is 0.296 e. The highest BCUT2D eigenvalue weighted by Crippen LogP contribution is 2.17. The molecule has 1 aliphatic rings. The standard InChI is InChI=1S/C9H19FN2O2S/c1-9(2,3)11-4-6-12(7-5-11)15(13,14)8-10/h4-8H2,1-3H3. The third-order valence-electron chi connectivity index (χ3n) is 2.72. The molecule has 90 valence electrons. The Labute approximate surface area is 91.1 Å². The molecule has 1 aliphatic heterocycles. The van der Waals surface area contributed by atoms with Crippen molar-refractivity contribution >= 4 is 10.0 Å². The summed E-state index contributed by atoms with van der Waals surface area (Å²) in [6.45, 7) is 8.39. The maximum atomic E-state index is 12.2. The molecule has 1 heterocycles. The van der Waals surface area contributed by atoms with Crippen molar-refractivity contribution in [3.05, 3.63) is 0 Å². The van der Waals surface area contributed by atoms with Gasteiger partial charge in [-0.2, -0.15) is 4.31 Å². The molecule has 1 rings (SSSR count). The first-order chi connectivity index (χ1) is 6.77. The minimum Gasteiger partial charge on any atom is -0.296 e. The molecule has 0 radical (unpaired) electrons. The number of hydrogen-bond acceptors (Lipinski definition) is 3. The molecule has 0 amide bonds. The number of nitrogens with zero attached hydrogens (tertiary/aromatic N) is 2. The Hall–Kier alpha value is -0.200. The summed E-state index contributed by atoms with van der Waals surface area (Å²) in [5, 5.41) is 0. The van der Waals surface area contributed by atoms with Crippen molar-refractivity contribution in [2.45, 2.75) is 26.3 Å². The molecular formula is C9H19FN2O2S. The topological polar surface area (TPSA) is 40.6 Å². The lowest BCUT2D eigenvalue weighted by atomic mass is 10.1. The normalized spacial score (nSPS) is 21.9. The lowest BCUT2D eigenvalue weighted by Crippen LogP contribution is -2.54. The molecule has 1 saturated heterocycles.